The van der Waals surface area contributed by atoms with Crippen molar-refractivity contribution >= 4 is 27.5 Å². The minimum Gasteiger partial charge on any atom is -0.379 e. The Morgan fingerprint density at radius 1 is 1.40 bits per heavy atom. The van der Waals surface area contributed by atoms with Gasteiger partial charge >= 0.3 is 0 Å². The maximum absolute atomic E-state index is 12.7. The lowest BCUT2D eigenvalue weighted by molar-refractivity contribution is 0.0374. The molecule has 0 spiro atoms. The fraction of sp³-hybridized carbons (Fsp3) is 0.611. The zero-order valence-corrected chi connectivity index (χ0v) is 16.2. The number of fused-ring (bicyclic) bond motifs is 1. The van der Waals surface area contributed by atoms with Crippen LogP contribution >= 0.6 is 11.3 Å². The van der Waals surface area contributed by atoms with Crippen molar-refractivity contribution in [3.05, 3.63) is 22.2 Å². The molecule has 2 N–H and O–H groups in total. The zero-order chi connectivity index (χ0) is 17.8. The van der Waals surface area contributed by atoms with E-state index >= 15 is 0 Å². The summed E-state index contributed by atoms with van der Waals surface area (Å²) in [5.74, 6) is -0.000111. The summed E-state index contributed by atoms with van der Waals surface area (Å²) in [4.78, 5) is 21.7. The molecular weight excluding hydrogens is 336 g/mol. The molecule has 0 unspecified atom stereocenters. The van der Waals surface area contributed by atoms with Gasteiger partial charge in [-0.15, -0.1) is 11.3 Å². The van der Waals surface area contributed by atoms with Crippen molar-refractivity contribution in [2.75, 3.05) is 53.5 Å². The minimum absolute atomic E-state index is 0.000111. The maximum Gasteiger partial charge on any atom is 0.268 e. The van der Waals surface area contributed by atoms with Crippen LogP contribution in [0.15, 0.2) is 6.07 Å². The molecule has 2 aromatic heterocycles. The van der Waals surface area contributed by atoms with Crippen LogP contribution < -0.4 is 5.32 Å². The smallest absolute Gasteiger partial charge is 0.268 e. The summed E-state index contributed by atoms with van der Waals surface area (Å²) >= 11 is 1.75. The molecule has 25 heavy (non-hydrogen) atoms. The van der Waals surface area contributed by atoms with Crippen LogP contribution in [-0.4, -0.2) is 74.2 Å². The van der Waals surface area contributed by atoms with Crippen molar-refractivity contribution in [1.29, 1.82) is 0 Å². The first-order valence-corrected chi connectivity index (χ1v) is 9.70. The second-order valence-electron chi connectivity index (χ2n) is 6.88. The van der Waals surface area contributed by atoms with Crippen LogP contribution in [0, 0.1) is 6.92 Å². The summed E-state index contributed by atoms with van der Waals surface area (Å²) in [6, 6.07) is 2.12. The fourth-order valence-electron chi connectivity index (χ4n) is 3.23. The van der Waals surface area contributed by atoms with E-state index < -0.39 is 0 Å². The van der Waals surface area contributed by atoms with Crippen LogP contribution in [0.2, 0.25) is 0 Å². The summed E-state index contributed by atoms with van der Waals surface area (Å²) in [5.41, 5.74) is 2.88. The van der Waals surface area contributed by atoms with E-state index in [-0.39, 0.29) is 5.91 Å². The van der Waals surface area contributed by atoms with E-state index in [0.29, 0.717) is 12.2 Å². The van der Waals surface area contributed by atoms with E-state index in [0.717, 1.165) is 56.9 Å². The summed E-state index contributed by atoms with van der Waals surface area (Å²) in [5, 5.41) is 3.08. The highest BCUT2D eigenvalue weighted by atomic mass is 32.1. The number of nitrogens with zero attached hydrogens (tertiary/aromatic N) is 2. The number of morpholine rings is 1. The molecule has 0 aromatic carbocycles. The van der Waals surface area contributed by atoms with Gasteiger partial charge in [-0.1, -0.05) is 0 Å². The number of carbonyl (C=O) groups is 1. The van der Waals surface area contributed by atoms with Gasteiger partial charge in [0, 0.05) is 36.6 Å². The number of nitrogens with one attached hydrogen (secondary N) is 2. The van der Waals surface area contributed by atoms with Gasteiger partial charge < -0.3 is 19.9 Å². The molecule has 3 heterocycles. The van der Waals surface area contributed by atoms with Crippen molar-refractivity contribution in [3.8, 4) is 0 Å². The Labute approximate surface area is 153 Å². The average Bonchev–Trinajstić information content (AvgIpc) is 3.09. The number of hydrogen-bond donors (Lipinski definition) is 2. The van der Waals surface area contributed by atoms with Crippen LogP contribution in [-0.2, 0) is 11.3 Å². The van der Waals surface area contributed by atoms with Gasteiger partial charge in [0.1, 0.15) is 5.69 Å². The molecule has 1 fully saturated rings. The first-order chi connectivity index (χ1) is 12.0. The monoisotopic (exact) mass is 364 g/mol. The lowest BCUT2D eigenvalue weighted by Crippen LogP contribution is -2.38. The topological polar surface area (TPSA) is 60.6 Å². The third-order valence-electron chi connectivity index (χ3n) is 4.43. The van der Waals surface area contributed by atoms with Crippen LogP contribution in [0.4, 0.5) is 0 Å². The zero-order valence-electron chi connectivity index (χ0n) is 15.4. The number of amides is 1. The second-order valence-corrected chi connectivity index (χ2v) is 8.14. The second kappa shape index (κ2) is 8.31. The Hall–Kier alpha value is -1.41. The van der Waals surface area contributed by atoms with Gasteiger partial charge in [0.15, 0.2) is 0 Å². The van der Waals surface area contributed by atoms with Crippen molar-refractivity contribution in [1.82, 2.24) is 20.1 Å². The molecule has 0 radical (unpaired) electrons. The highest BCUT2D eigenvalue weighted by molar-refractivity contribution is 7.19. The van der Waals surface area contributed by atoms with E-state index in [2.05, 4.69) is 33.1 Å². The number of ether oxygens (including phenoxy) is 1. The average molecular weight is 365 g/mol. The molecule has 1 amide bonds. The quantitative estimate of drug-likeness (QED) is 0.738. The standard InChI is InChI=1S/C18H28N4O2S/c1-13-11-15-17(25-13)14(12-21(2)3)16(20-15)18(23)19-5-4-6-22-7-9-24-10-8-22/h11,20H,4-10,12H2,1-3H3,(H,19,23). The third-order valence-corrected chi connectivity index (χ3v) is 5.54. The number of H-pyrrole nitrogens is 1. The number of aromatic nitrogens is 1. The molecular formula is C18H28N4O2S. The van der Waals surface area contributed by atoms with Crippen LogP contribution in [0.5, 0.6) is 0 Å². The van der Waals surface area contributed by atoms with Gasteiger partial charge in [0.2, 0.25) is 0 Å². The Morgan fingerprint density at radius 3 is 2.88 bits per heavy atom. The van der Waals surface area contributed by atoms with Crippen LogP contribution in [0.1, 0.15) is 27.3 Å². The van der Waals surface area contributed by atoms with Crippen molar-refractivity contribution in [2.24, 2.45) is 0 Å². The molecule has 1 saturated heterocycles. The number of carbonyl (C=O) groups excluding carboxylic acids is 1. The van der Waals surface area contributed by atoms with Gasteiger partial charge in [-0.05, 0) is 40.1 Å². The summed E-state index contributed by atoms with van der Waals surface area (Å²) in [6.07, 6.45) is 0.961. The summed E-state index contributed by atoms with van der Waals surface area (Å²) in [6.45, 7) is 8.19. The van der Waals surface area contributed by atoms with E-state index in [4.69, 9.17) is 4.74 Å². The largest absolute Gasteiger partial charge is 0.379 e. The number of rotatable bonds is 7. The third kappa shape index (κ3) is 4.61. The molecule has 0 atom stereocenters. The number of hydrogen-bond acceptors (Lipinski definition) is 5. The van der Waals surface area contributed by atoms with Gasteiger partial charge in [0.05, 0.1) is 23.4 Å². The molecule has 6 nitrogen and oxygen atoms in total. The van der Waals surface area contributed by atoms with Crippen LogP contribution in [0.3, 0.4) is 0 Å². The molecule has 7 heteroatoms. The number of aromatic amines is 1. The van der Waals surface area contributed by atoms with Crippen molar-refractivity contribution in [2.45, 2.75) is 19.9 Å². The summed E-state index contributed by atoms with van der Waals surface area (Å²) in [7, 11) is 4.06. The van der Waals surface area contributed by atoms with Gasteiger partial charge in [-0.3, -0.25) is 9.69 Å². The predicted octanol–water partition coefficient (Wildman–Crippen LogP) is 2.05. The molecule has 2 aromatic rings. The highest BCUT2D eigenvalue weighted by Crippen LogP contribution is 2.31. The normalized spacial score (nSPS) is 16.0. The molecule has 0 saturated carbocycles. The van der Waals surface area contributed by atoms with Gasteiger partial charge in [0.25, 0.3) is 5.91 Å². The van der Waals surface area contributed by atoms with Crippen LogP contribution in [0.25, 0.3) is 10.2 Å². The van der Waals surface area contributed by atoms with E-state index in [9.17, 15) is 4.79 Å². The Kier molecular flexibility index (Phi) is 6.11. The number of thiophene rings is 1. The van der Waals surface area contributed by atoms with Gasteiger partial charge in [-0.25, -0.2) is 0 Å². The van der Waals surface area contributed by atoms with Gasteiger partial charge in [-0.2, -0.15) is 0 Å². The predicted molar refractivity (Wildman–Crippen MR) is 103 cm³/mol. The van der Waals surface area contributed by atoms with E-state index in [1.807, 2.05) is 14.1 Å². The molecule has 0 aliphatic carbocycles. The molecule has 1 aliphatic rings. The molecule has 138 valence electrons. The lowest BCUT2D eigenvalue weighted by Gasteiger charge is -2.26. The lowest BCUT2D eigenvalue weighted by atomic mass is 10.2. The molecule has 0 bridgehead atoms. The Balaban J connectivity index is 1.59. The minimum atomic E-state index is -0.000111. The fourth-order valence-corrected chi connectivity index (χ4v) is 4.24. The van der Waals surface area contributed by atoms with Crippen molar-refractivity contribution in [3.63, 3.8) is 0 Å². The van der Waals surface area contributed by atoms with E-state index in [1.54, 1.807) is 11.3 Å². The molecule has 3 rings (SSSR count). The van der Waals surface area contributed by atoms with Crippen molar-refractivity contribution < 1.29 is 9.53 Å². The highest BCUT2D eigenvalue weighted by Gasteiger charge is 2.20. The van der Waals surface area contributed by atoms with E-state index in [1.165, 1.54) is 9.58 Å². The summed E-state index contributed by atoms with van der Waals surface area (Å²) < 4.78 is 6.56. The SMILES string of the molecule is Cc1cc2[nH]c(C(=O)NCCCN3CCOCC3)c(CN(C)C)c2s1. The Bertz CT molecular complexity index is 716. The molecule has 1 aliphatic heterocycles. The Morgan fingerprint density at radius 2 is 2.16 bits per heavy atom. The number of aryl methyl sites for hydroxylation is 1. The first-order valence-electron chi connectivity index (χ1n) is 8.88. The maximum atomic E-state index is 12.7. The first kappa shape index (κ1) is 18.4.